The molecular weight excluding hydrogens is 284 g/mol. The summed E-state index contributed by atoms with van der Waals surface area (Å²) in [6.45, 7) is 4.85. The number of nitro benzene ring substituents is 1. The van der Waals surface area contributed by atoms with E-state index < -0.39 is 10.9 Å². The van der Waals surface area contributed by atoms with Crippen LogP contribution in [0.3, 0.4) is 0 Å². The van der Waals surface area contributed by atoms with E-state index in [0.717, 1.165) is 0 Å². The molecule has 6 nitrogen and oxygen atoms in total. The van der Waals surface area contributed by atoms with Crippen LogP contribution in [0.4, 0.5) is 5.69 Å². The van der Waals surface area contributed by atoms with E-state index in [2.05, 4.69) is 0 Å². The number of hydrogen-bond acceptors (Lipinski definition) is 4. The minimum absolute atomic E-state index is 0.0765. The van der Waals surface area contributed by atoms with Crippen molar-refractivity contribution < 1.29 is 14.8 Å². The number of halogens is 1. The van der Waals surface area contributed by atoms with Gasteiger partial charge in [0, 0.05) is 25.2 Å². The van der Waals surface area contributed by atoms with Crippen molar-refractivity contribution in [1.82, 2.24) is 4.90 Å². The minimum atomic E-state index is -0.913. The van der Waals surface area contributed by atoms with Gasteiger partial charge in [-0.2, -0.15) is 0 Å². The highest BCUT2D eigenvalue weighted by atomic mass is 35.5. The number of aliphatic carboxylic acids is 1. The first-order chi connectivity index (χ1) is 9.29. The molecule has 7 heteroatoms. The summed E-state index contributed by atoms with van der Waals surface area (Å²) in [5, 5.41) is 19.8. The molecule has 0 bridgehead atoms. The van der Waals surface area contributed by atoms with Gasteiger partial charge in [0.15, 0.2) is 0 Å². The van der Waals surface area contributed by atoms with E-state index in [0.29, 0.717) is 24.6 Å². The van der Waals surface area contributed by atoms with Crippen LogP contribution in [0, 0.1) is 16.0 Å². The Morgan fingerprint density at radius 1 is 1.50 bits per heavy atom. The van der Waals surface area contributed by atoms with Gasteiger partial charge in [0.25, 0.3) is 5.69 Å². The van der Waals surface area contributed by atoms with Crippen molar-refractivity contribution in [2.24, 2.45) is 5.92 Å². The molecule has 0 fully saturated rings. The van der Waals surface area contributed by atoms with Crippen molar-refractivity contribution in [2.45, 2.75) is 20.4 Å². The molecule has 1 aromatic carbocycles. The van der Waals surface area contributed by atoms with Crippen LogP contribution in [0.2, 0.25) is 5.02 Å². The lowest BCUT2D eigenvalue weighted by Gasteiger charge is -2.22. The van der Waals surface area contributed by atoms with Crippen molar-refractivity contribution in [3.05, 3.63) is 38.9 Å². The topological polar surface area (TPSA) is 83.7 Å². The third kappa shape index (κ3) is 5.14. The van der Waals surface area contributed by atoms with Crippen LogP contribution >= 0.6 is 11.6 Å². The zero-order chi connectivity index (χ0) is 15.3. The van der Waals surface area contributed by atoms with Crippen molar-refractivity contribution in [3.8, 4) is 0 Å². The van der Waals surface area contributed by atoms with E-state index in [1.165, 1.54) is 12.1 Å². The molecule has 0 aliphatic carbocycles. The molecule has 0 spiro atoms. The molecule has 0 saturated carbocycles. The summed E-state index contributed by atoms with van der Waals surface area (Å²) in [6.07, 6.45) is 0. The lowest BCUT2D eigenvalue weighted by atomic mass is 10.1. The van der Waals surface area contributed by atoms with Gasteiger partial charge >= 0.3 is 5.97 Å². The predicted octanol–water partition coefficient (Wildman–Crippen LogP) is 2.79. The smallest absolute Gasteiger partial charge is 0.317 e. The van der Waals surface area contributed by atoms with Gasteiger partial charge in [-0.05, 0) is 17.5 Å². The Balaban J connectivity index is 2.87. The van der Waals surface area contributed by atoms with Gasteiger partial charge in [-0.1, -0.05) is 25.4 Å². The fraction of sp³-hybridized carbons (Fsp3) is 0.462. The van der Waals surface area contributed by atoms with Crippen molar-refractivity contribution in [2.75, 3.05) is 13.1 Å². The lowest BCUT2D eigenvalue weighted by Crippen LogP contribution is -2.32. The number of non-ortho nitro benzene ring substituents is 1. The first-order valence-electron chi connectivity index (χ1n) is 6.16. The fourth-order valence-corrected chi connectivity index (χ4v) is 2.15. The molecular formula is C13H17ClN2O4. The second-order valence-corrected chi connectivity index (χ2v) is 5.40. The first kappa shape index (κ1) is 16.4. The van der Waals surface area contributed by atoms with Crippen molar-refractivity contribution >= 4 is 23.3 Å². The van der Waals surface area contributed by atoms with Gasteiger partial charge in [0.2, 0.25) is 0 Å². The molecule has 20 heavy (non-hydrogen) atoms. The monoisotopic (exact) mass is 300 g/mol. The molecule has 0 aromatic heterocycles. The van der Waals surface area contributed by atoms with Gasteiger partial charge in [-0.15, -0.1) is 0 Å². The van der Waals surface area contributed by atoms with Crippen LogP contribution in [-0.4, -0.2) is 34.0 Å². The number of benzene rings is 1. The normalized spacial score (nSPS) is 11.1. The highest BCUT2D eigenvalue weighted by Gasteiger charge is 2.15. The summed E-state index contributed by atoms with van der Waals surface area (Å²) in [4.78, 5) is 22.7. The molecule has 0 radical (unpaired) electrons. The number of carboxylic acids is 1. The zero-order valence-electron chi connectivity index (χ0n) is 11.4. The van der Waals surface area contributed by atoms with Crippen LogP contribution in [-0.2, 0) is 11.3 Å². The van der Waals surface area contributed by atoms with E-state index in [-0.39, 0.29) is 17.3 Å². The average molecular weight is 301 g/mol. The summed E-state index contributed by atoms with van der Waals surface area (Å²) in [6, 6.07) is 4.22. The number of nitrogens with zero attached hydrogens (tertiary/aromatic N) is 2. The molecule has 1 N–H and O–H groups in total. The molecule has 0 aliphatic heterocycles. The molecule has 0 atom stereocenters. The van der Waals surface area contributed by atoms with Gasteiger partial charge in [-0.3, -0.25) is 19.8 Å². The Morgan fingerprint density at radius 2 is 2.15 bits per heavy atom. The van der Waals surface area contributed by atoms with Crippen molar-refractivity contribution in [1.29, 1.82) is 0 Å². The Labute approximate surface area is 122 Å². The maximum Gasteiger partial charge on any atom is 0.317 e. The van der Waals surface area contributed by atoms with E-state index in [9.17, 15) is 14.9 Å². The Kier molecular flexibility index (Phi) is 5.91. The summed E-state index contributed by atoms with van der Waals surface area (Å²) in [7, 11) is 0. The van der Waals surface area contributed by atoms with Gasteiger partial charge in [-0.25, -0.2) is 0 Å². The number of hydrogen-bond donors (Lipinski definition) is 1. The first-order valence-corrected chi connectivity index (χ1v) is 6.54. The zero-order valence-corrected chi connectivity index (χ0v) is 12.1. The van der Waals surface area contributed by atoms with E-state index in [1.54, 1.807) is 11.0 Å². The van der Waals surface area contributed by atoms with Crippen LogP contribution in [0.15, 0.2) is 18.2 Å². The van der Waals surface area contributed by atoms with Crippen molar-refractivity contribution in [3.63, 3.8) is 0 Å². The number of carboxylic acid groups (broad SMARTS) is 1. The number of rotatable bonds is 7. The Morgan fingerprint density at radius 3 is 2.60 bits per heavy atom. The molecule has 0 heterocycles. The Bertz CT molecular complexity index is 505. The fourth-order valence-electron chi connectivity index (χ4n) is 1.91. The lowest BCUT2D eigenvalue weighted by molar-refractivity contribution is -0.384. The second kappa shape index (κ2) is 7.21. The summed E-state index contributed by atoms with van der Waals surface area (Å²) < 4.78 is 0. The molecule has 0 saturated heterocycles. The van der Waals surface area contributed by atoms with Crippen LogP contribution in [0.1, 0.15) is 19.4 Å². The summed E-state index contributed by atoms with van der Waals surface area (Å²) >= 11 is 6.01. The van der Waals surface area contributed by atoms with Crippen LogP contribution in [0.25, 0.3) is 0 Å². The van der Waals surface area contributed by atoms with E-state index >= 15 is 0 Å². The highest BCUT2D eigenvalue weighted by Crippen LogP contribution is 2.23. The maximum absolute atomic E-state index is 10.8. The molecule has 0 unspecified atom stereocenters. The number of carbonyl (C=O) groups is 1. The summed E-state index contributed by atoms with van der Waals surface area (Å²) in [5.74, 6) is -0.602. The van der Waals surface area contributed by atoms with Gasteiger partial charge in [0.1, 0.15) is 0 Å². The molecule has 0 amide bonds. The average Bonchev–Trinajstić information content (AvgIpc) is 2.29. The number of nitro groups is 1. The quantitative estimate of drug-likeness (QED) is 0.618. The van der Waals surface area contributed by atoms with E-state index in [4.69, 9.17) is 16.7 Å². The van der Waals surface area contributed by atoms with Crippen LogP contribution in [0.5, 0.6) is 0 Å². The Hall–Kier alpha value is -1.66. The highest BCUT2D eigenvalue weighted by molar-refractivity contribution is 6.31. The summed E-state index contributed by atoms with van der Waals surface area (Å²) in [5.41, 5.74) is 0.603. The third-order valence-electron chi connectivity index (χ3n) is 2.62. The maximum atomic E-state index is 10.8. The predicted molar refractivity (Wildman–Crippen MR) is 75.9 cm³/mol. The van der Waals surface area contributed by atoms with Gasteiger partial charge in [0.05, 0.1) is 16.5 Å². The van der Waals surface area contributed by atoms with Crippen LogP contribution < -0.4 is 0 Å². The van der Waals surface area contributed by atoms with Gasteiger partial charge < -0.3 is 5.11 Å². The second-order valence-electron chi connectivity index (χ2n) is 4.99. The molecule has 1 aromatic rings. The minimum Gasteiger partial charge on any atom is -0.480 e. The molecule has 1 rings (SSSR count). The SMILES string of the molecule is CC(C)CN(CC(=O)O)Cc1ccc([N+](=O)[O-])cc1Cl. The standard InChI is InChI=1S/C13H17ClN2O4/c1-9(2)6-15(8-13(17)18)7-10-3-4-11(16(19)20)5-12(10)14/h3-5,9H,6-8H2,1-2H3,(H,17,18). The molecule has 0 aliphatic rings. The largest absolute Gasteiger partial charge is 0.480 e. The third-order valence-corrected chi connectivity index (χ3v) is 2.98. The molecule has 110 valence electrons. The van der Waals surface area contributed by atoms with E-state index in [1.807, 2.05) is 13.8 Å².